The number of ketones is 1. The molecule has 4 saturated heterocycles. The minimum Gasteiger partial charge on any atom is -0.479 e. The van der Waals surface area contributed by atoms with Gasteiger partial charge in [0.1, 0.15) is 24.4 Å². The van der Waals surface area contributed by atoms with Gasteiger partial charge >= 0.3 is 5.97 Å². The Bertz CT molecular complexity index is 2580. The lowest BCUT2D eigenvalue weighted by molar-refractivity contribution is -0.197. The summed E-state index contributed by atoms with van der Waals surface area (Å²) in [6, 6.07) is 0. The fourth-order valence-electron chi connectivity index (χ4n) is 7.77. The van der Waals surface area contributed by atoms with Crippen LogP contribution in [-0.4, -0.2) is 133 Å². The summed E-state index contributed by atoms with van der Waals surface area (Å²) in [7, 11) is -4.66. The van der Waals surface area contributed by atoms with Gasteiger partial charge in [0.15, 0.2) is 62.8 Å². The van der Waals surface area contributed by atoms with Crippen molar-refractivity contribution in [3.63, 3.8) is 0 Å². The van der Waals surface area contributed by atoms with Gasteiger partial charge in [-0.2, -0.15) is 9.97 Å². The molecule has 23 nitrogen and oxygen atoms in total. The van der Waals surface area contributed by atoms with Crippen LogP contribution in [-0.2, 0) is 47.0 Å². The molecule has 0 radical (unpaired) electrons. The number of anilines is 2. The van der Waals surface area contributed by atoms with Gasteiger partial charge in [-0.15, -0.1) is 0 Å². The lowest BCUT2D eigenvalue weighted by Crippen LogP contribution is -2.54. The van der Waals surface area contributed by atoms with E-state index < -0.39 is 81.8 Å². The molecule has 4 aromatic rings. The first-order valence-corrected chi connectivity index (χ1v) is 28.4. The number of ether oxygens (including phenoxy) is 4. The quantitative estimate of drug-likeness (QED) is 0.124. The van der Waals surface area contributed by atoms with Gasteiger partial charge in [0, 0.05) is 11.8 Å². The van der Waals surface area contributed by atoms with E-state index in [2.05, 4.69) is 95.2 Å². The molecule has 2 amide bonds. The highest BCUT2D eigenvalue weighted by Crippen LogP contribution is 2.52. The average Bonchev–Trinajstić information content (AvgIpc) is 4.08. The Labute approximate surface area is 394 Å². The number of imidazole rings is 2. The summed E-state index contributed by atoms with van der Waals surface area (Å²) >= 11 is 0. The zero-order chi connectivity index (χ0) is 50.4. The number of H-pyrrole nitrogens is 2. The largest absolute Gasteiger partial charge is 0.479 e. The van der Waals surface area contributed by atoms with Crippen LogP contribution < -0.4 is 21.8 Å². The molecule has 0 aromatic carbocycles. The summed E-state index contributed by atoms with van der Waals surface area (Å²) in [5.74, 6) is -2.61. The molecule has 372 valence electrons. The van der Waals surface area contributed by atoms with Crippen molar-refractivity contribution in [3.8, 4) is 0 Å². The number of amides is 2. The van der Waals surface area contributed by atoms with Gasteiger partial charge in [0.25, 0.3) is 11.1 Å². The van der Waals surface area contributed by atoms with Crippen molar-refractivity contribution < 1.29 is 52.1 Å². The number of rotatable bonds is 12. The lowest BCUT2D eigenvalue weighted by Gasteiger charge is -2.40. The van der Waals surface area contributed by atoms with Gasteiger partial charge in [-0.3, -0.25) is 53.7 Å². The lowest BCUT2D eigenvalue weighted by atomic mass is 9.95. The van der Waals surface area contributed by atoms with Crippen molar-refractivity contribution in [1.82, 2.24) is 39.0 Å². The van der Waals surface area contributed by atoms with Gasteiger partial charge < -0.3 is 32.9 Å². The first-order valence-electron chi connectivity index (χ1n) is 22.6. The smallest absolute Gasteiger partial charge is 0.341 e. The van der Waals surface area contributed by atoms with Gasteiger partial charge in [-0.25, -0.2) is 14.8 Å². The molecular weight excluding hydrogens is 921 g/mol. The second-order valence-corrected chi connectivity index (χ2v) is 31.1. The first-order chi connectivity index (χ1) is 31.4. The number of aliphatic carboxylic acids is 1. The van der Waals surface area contributed by atoms with E-state index in [1.807, 2.05) is 13.1 Å². The van der Waals surface area contributed by atoms with Crippen LogP contribution in [0, 0.1) is 11.8 Å². The zero-order valence-corrected chi connectivity index (χ0v) is 43.2. The Morgan fingerprint density at radius 2 is 1.09 bits per heavy atom. The maximum absolute atomic E-state index is 12.8. The zero-order valence-electron chi connectivity index (χ0n) is 41.2. The van der Waals surface area contributed by atoms with E-state index in [1.165, 1.54) is 24.1 Å². The monoisotopic (exact) mass is 984 g/mol. The highest BCUT2D eigenvalue weighted by atomic mass is 28.4. The Balaban J connectivity index is 0.000000201. The standard InChI is InChI=1S/C22H33N5O6Si.C21H31N5O7Si/c1-11(2)17(29)25-20-24-16-13(18(30)26-20)23-10-27(16)19-14-15(33-34(7,8)21(4,5)6)22(32-19,9-31-14)12(3)28;1-10(2)15(27)24-19-23-14-11(16(28)25-19)22-9-26(14)17-12-13(33-34(6,7)20(3,4)5)21(32-17,8-31-12)18(29)30/h10-11,14-15,19H,9H2,1-8H3,(H2,24,25,26,29,30);9-10,12-13,17H,8H2,1-7H3,(H,29,30)(H2,23,24,25,27,28)/t14-,15?,19+,22+;12-,13?,17+,21-/m00/s1. The Kier molecular flexibility index (Phi) is 13.0. The number of aromatic amines is 2. The maximum Gasteiger partial charge on any atom is 0.341 e. The van der Waals surface area contributed by atoms with Gasteiger partial charge in [0.2, 0.25) is 29.3 Å². The molecule has 8 heterocycles. The second kappa shape index (κ2) is 17.4. The van der Waals surface area contributed by atoms with E-state index in [9.17, 15) is 33.9 Å². The second-order valence-electron chi connectivity index (χ2n) is 21.6. The molecule has 4 aromatic heterocycles. The normalized spacial score (nSPS) is 27.0. The van der Waals surface area contributed by atoms with Crippen molar-refractivity contribution in [2.45, 2.75) is 160 Å². The Hall–Kier alpha value is -5.03. The SMILES string of the molecule is CC(=O)[C@]12CO[C@@H](C1O[Si](C)(C)C(C)(C)C)[C@H](n1cnc3c(=O)[nH]c(NC(=O)C(C)C)nc31)O2.CC(C)C(=O)Nc1nc2c(ncn2[C@@H]2O[C@@]3(C(=O)O)CO[C@H]2C3O[Si](C)(C)C(C)(C)C)c(=O)[nH]1. The van der Waals surface area contributed by atoms with Gasteiger partial charge in [-0.05, 0) is 43.2 Å². The van der Waals surface area contributed by atoms with E-state index >= 15 is 0 Å². The fourth-order valence-corrected chi connectivity index (χ4v) is 10.4. The van der Waals surface area contributed by atoms with Crippen molar-refractivity contribution >= 4 is 74.4 Å². The predicted octanol–water partition coefficient (Wildman–Crippen LogP) is 4.22. The summed E-state index contributed by atoms with van der Waals surface area (Å²) in [6.07, 6.45) is -1.72. The van der Waals surface area contributed by atoms with Crippen LogP contribution in [0.5, 0.6) is 0 Å². The van der Waals surface area contributed by atoms with E-state index in [0.29, 0.717) is 0 Å². The number of nitrogens with one attached hydrogen (secondary N) is 4. The first kappa shape index (κ1) is 50.8. The van der Waals surface area contributed by atoms with Crippen molar-refractivity contribution in [2.24, 2.45) is 11.8 Å². The van der Waals surface area contributed by atoms with Crippen molar-refractivity contribution in [1.29, 1.82) is 0 Å². The van der Waals surface area contributed by atoms with Crippen molar-refractivity contribution in [2.75, 3.05) is 23.8 Å². The molecule has 8 rings (SSSR count). The molecule has 0 saturated carbocycles. The van der Waals surface area contributed by atoms with Crippen LogP contribution in [0.25, 0.3) is 22.3 Å². The third kappa shape index (κ3) is 8.68. The van der Waals surface area contributed by atoms with E-state index in [4.69, 9.17) is 27.8 Å². The summed E-state index contributed by atoms with van der Waals surface area (Å²) in [6.45, 7) is 29.2. The number of aromatic nitrogens is 8. The molecule has 4 bridgehead atoms. The minimum absolute atomic E-state index is 0.0115. The number of hydrogen-bond acceptors (Lipinski definition) is 16. The number of nitrogens with zero attached hydrogens (tertiary/aromatic N) is 6. The van der Waals surface area contributed by atoms with Gasteiger partial charge in [0.05, 0.1) is 25.9 Å². The van der Waals surface area contributed by atoms with Crippen LogP contribution in [0.2, 0.25) is 36.3 Å². The predicted molar refractivity (Wildman–Crippen MR) is 251 cm³/mol. The number of Topliss-reactive ketones (excluding diaryl/α,β-unsaturated/α-hetero) is 1. The molecule has 4 fully saturated rings. The van der Waals surface area contributed by atoms with Crippen LogP contribution in [0.4, 0.5) is 11.9 Å². The number of hydrogen-bond donors (Lipinski definition) is 5. The molecule has 68 heavy (non-hydrogen) atoms. The molecule has 25 heteroatoms. The van der Waals surface area contributed by atoms with Gasteiger partial charge in [-0.1, -0.05) is 69.2 Å². The van der Waals surface area contributed by atoms with Crippen LogP contribution >= 0.6 is 0 Å². The Morgan fingerprint density at radius 1 is 0.721 bits per heavy atom. The number of carbonyl (C=O) groups is 4. The van der Waals surface area contributed by atoms with Crippen molar-refractivity contribution in [3.05, 3.63) is 33.4 Å². The summed E-state index contributed by atoms with van der Waals surface area (Å²) < 4.78 is 40.6. The van der Waals surface area contributed by atoms with E-state index in [0.717, 1.165) is 0 Å². The minimum atomic E-state index is -2.39. The summed E-state index contributed by atoms with van der Waals surface area (Å²) in [4.78, 5) is 96.7. The summed E-state index contributed by atoms with van der Waals surface area (Å²) in [5, 5.41) is 15.0. The summed E-state index contributed by atoms with van der Waals surface area (Å²) in [5.41, 5.74) is -3.53. The number of carboxylic acid groups (broad SMARTS) is 1. The topological polar surface area (TPSA) is 295 Å². The average molecular weight is 985 g/mol. The highest BCUT2D eigenvalue weighted by molar-refractivity contribution is 6.74. The number of carboxylic acids is 1. The fraction of sp³-hybridized carbons (Fsp3) is 0.674. The molecular formula is C43H64N10O13Si2. The molecule has 0 spiro atoms. The van der Waals surface area contributed by atoms with E-state index in [-0.39, 0.29) is 86.9 Å². The number of carbonyl (C=O) groups excluding carboxylic acids is 3. The third-order valence-electron chi connectivity index (χ3n) is 14.1. The maximum atomic E-state index is 12.8. The molecule has 8 atom stereocenters. The highest BCUT2D eigenvalue weighted by Gasteiger charge is 2.69. The van der Waals surface area contributed by atoms with Crippen LogP contribution in [0.1, 0.15) is 88.6 Å². The van der Waals surface area contributed by atoms with Crippen LogP contribution in [0.3, 0.4) is 0 Å². The molecule has 0 aliphatic carbocycles. The van der Waals surface area contributed by atoms with Crippen LogP contribution in [0.15, 0.2) is 22.2 Å². The molecule has 4 aliphatic heterocycles. The van der Waals surface area contributed by atoms with E-state index in [1.54, 1.807) is 32.3 Å². The third-order valence-corrected chi connectivity index (χ3v) is 23.0. The molecule has 2 unspecified atom stereocenters. The number of fused-ring (bicyclic) bond motifs is 6. The molecule has 4 aliphatic rings. The Morgan fingerprint density at radius 3 is 1.44 bits per heavy atom. The molecule has 5 N–H and O–H groups in total.